The molecular weight excluding hydrogens is 310 g/mol. The zero-order chi connectivity index (χ0) is 16.3. The summed E-state index contributed by atoms with van der Waals surface area (Å²) >= 11 is 0. The molecule has 0 spiro atoms. The van der Waals surface area contributed by atoms with Crippen LogP contribution in [0.25, 0.3) is 0 Å². The van der Waals surface area contributed by atoms with Crippen molar-refractivity contribution < 1.29 is 13.2 Å². The Hall–Kier alpha value is -1.36. The first-order chi connectivity index (χ1) is 11.1. The van der Waals surface area contributed by atoms with E-state index in [0.29, 0.717) is 6.42 Å². The van der Waals surface area contributed by atoms with Crippen molar-refractivity contribution in [3.8, 4) is 0 Å². The van der Waals surface area contributed by atoms with E-state index in [1.54, 1.807) is 0 Å². The molecule has 0 bridgehead atoms. The highest BCUT2D eigenvalue weighted by atomic mass is 32.2. The van der Waals surface area contributed by atoms with Gasteiger partial charge in [-0.25, -0.2) is 8.42 Å². The summed E-state index contributed by atoms with van der Waals surface area (Å²) in [4.78, 5) is 12.0. The van der Waals surface area contributed by atoms with Crippen molar-refractivity contribution in [3.63, 3.8) is 0 Å². The van der Waals surface area contributed by atoms with Crippen LogP contribution < -0.4 is 5.32 Å². The van der Waals surface area contributed by atoms with Gasteiger partial charge in [-0.3, -0.25) is 4.79 Å². The van der Waals surface area contributed by atoms with Gasteiger partial charge in [0.15, 0.2) is 9.84 Å². The highest BCUT2D eigenvalue weighted by Gasteiger charge is 2.31. The van der Waals surface area contributed by atoms with Gasteiger partial charge in [-0.05, 0) is 43.2 Å². The Morgan fingerprint density at radius 2 is 1.83 bits per heavy atom. The molecule has 3 rings (SSSR count). The van der Waals surface area contributed by atoms with Crippen molar-refractivity contribution in [2.24, 2.45) is 0 Å². The standard InChI is InChI=1S/C18H25NO3S/c20-18(19-15-8-2-3-9-15)12-13-23(21,22)17-11-5-7-14-6-1-4-10-16(14)17/h1,4,6,10,15,17H,2-3,5,7-9,11-13H2,(H,19,20)/t17-/m1/s1. The number of hydrogen-bond donors (Lipinski definition) is 1. The number of benzene rings is 1. The molecule has 4 nitrogen and oxygen atoms in total. The highest BCUT2D eigenvalue weighted by molar-refractivity contribution is 7.91. The van der Waals surface area contributed by atoms with Gasteiger partial charge in [0.2, 0.25) is 5.91 Å². The number of amides is 1. The van der Waals surface area contributed by atoms with Gasteiger partial charge in [0.25, 0.3) is 0 Å². The lowest BCUT2D eigenvalue weighted by Crippen LogP contribution is -2.34. The average molecular weight is 335 g/mol. The predicted octanol–water partition coefficient (Wildman–Crippen LogP) is 2.93. The summed E-state index contributed by atoms with van der Waals surface area (Å²) in [6.07, 6.45) is 6.95. The van der Waals surface area contributed by atoms with Crippen molar-refractivity contribution in [1.29, 1.82) is 0 Å². The lowest BCUT2D eigenvalue weighted by molar-refractivity contribution is -0.121. The predicted molar refractivity (Wildman–Crippen MR) is 90.9 cm³/mol. The fourth-order valence-corrected chi connectivity index (χ4v) is 5.73. The van der Waals surface area contributed by atoms with E-state index < -0.39 is 15.1 Å². The number of aryl methyl sites for hydroxylation is 1. The molecule has 2 aliphatic carbocycles. The Kier molecular flexibility index (Phi) is 5.05. The van der Waals surface area contributed by atoms with Crippen molar-refractivity contribution in [2.45, 2.75) is 62.7 Å². The summed E-state index contributed by atoms with van der Waals surface area (Å²) in [6, 6.07) is 8.06. The molecule has 0 aromatic heterocycles. The topological polar surface area (TPSA) is 63.2 Å². The molecule has 1 aromatic rings. The molecule has 1 atom stereocenters. The molecular formula is C18H25NO3S. The van der Waals surface area contributed by atoms with Gasteiger partial charge in [-0.2, -0.15) is 0 Å². The number of carbonyl (C=O) groups is 1. The van der Waals surface area contributed by atoms with Crippen LogP contribution in [0.3, 0.4) is 0 Å². The molecule has 2 aliphatic rings. The van der Waals surface area contributed by atoms with Gasteiger partial charge in [0, 0.05) is 12.5 Å². The number of rotatable bonds is 5. The maximum absolute atomic E-state index is 12.7. The van der Waals surface area contributed by atoms with Crippen molar-refractivity contribution in [2.75, 3.05) is 5.75 Å². The summed E-state index contributed by atoms with van der Waals surface area (Å²) < 4.78 is 25.4. The lowest BCUT2D eigenvalue weighted by Gasteiger charge is -2.25. The van der Waals surface area contributed by atoms with Gasteiger partial charge in [-0.15, -0.1) is 0 Å². The number of carbonyl (C=O) groups excluding carboxylic acids is 1. The summed E-state index contributed by atoms with van der Waals surface area (Å²) in [5.41, 5.74) is 2.08. The van der Waals surface area contributed by atoms with Crippen molar-refractivity contribution in [3.05, 3.63) is 35.4 Å². The number of hydrogen-bond acceptors (Lipinski definition) is 3. The fourth-order valence-electron chi connectivity index (χ4n) is 3.83. The van der Waals surface area contributed by atoms with Crippen LogP contribution in [0.15, 0.2) is 24.3 Å². The van der Waals surface area contributed by atoms with Gasteiger partial charge < -0.3 is 5.32 Å². The van der Waals surface area contributed by atoms with Gasteiger partial charge >= 0.3 is 0 Å². The molecule has 126 valence electrons. The second kappa shape index (κ2) is 7.04. The third-order valence-corrected chi connectivity index (χ3v) is 7.21. The zero-order valence-electron chi connectivity index (χ0n) is 13.5. The Balaban J connectivity index is 1.62. The molecule has 1 N–H and O–H groups in total. The molecule has 0 saturated heterocycles. The van der Waals surface area contributed by atoms with E-state index in [1.165, 1.54) is 0 Å². The maximum atomic E-state index is 12.7. The Bertz CT molecular complexity index is 663. The molecule has 1 amide bonds. The number of nitrogens with one attached hydrogen (secondary N) is 1. The van der Waals surface area contributed by atoms with E-state index in [2.05, 4.69) is 5.32 Å². The Labute approximate surface area is 138 Å². The molecule has 1 fully saturated rings. The van der Waals surface area contributed by atoms with E-state index in [-0.39, 0.29) is 24.1 Å². The lowest BCUT2D eigenvalue weighted by atomic mass is 9.91. The van der Waals surface area contributed by atoms with Crippen LogP contribution in [0.2, 0.25) is 0 Å². The second-order valence-corrected chi connectivity index (χ2v) is 9.05. The first-order valence-corrected chi connectivity index (χ1v) is 10.4. The summed E-state index contributed by atoms with van der Waals surface area (Å²) in [5.74, 6) is -0.172. The molecule has 5 heteroatoms. The quantitative estimate of drug-likeness (QED) is 0.900. The van der Waals surface area contributed by atoms with Crippen LogP contribution in [0, 0.1) is 0 Å². The number of fused-ring (bicyclic) bond motifs is 1. The normalized spacial score (nSPS) is 21.8. The van der Waals surface area contributed by atoms with Crippen molar-refractivity contribution >= 4 is 15.7 Å². The van der Waals surface area contributed by atoms with Crippen LogP contribution in [0.5, 0.6) is 0 Å². The monoisotopic (exact) mass is 335 g/mol. The SMILES string of the molecule is O=C(CCS(=O)(=O)[C@@H]1CCCc2ccccc21)NC1CCCC1. The molecule has 23 heavy (non-hydrogen) atoms. The molecule has 1 aromatic carbocycles. The van der Waals surface area contributed by atoms with Crippen molar-refractivity contribution in [1.82, 2.24) is 5.32 Å². The summed E-state index contributed by atoms with van der Waals surface area (Å²) in [7, 11) is -3.29. The molecule has 0 unspecified atom stereocenters. The van der Waals surface area contributed by atoms with Gasteiger partial charge in [0.05, 0.1) is 11.0 Å². The van der Waals surface area contributed by atoms with E-state index in [4.69, 9.17) is 0 Å². The van der Waals surface area contributed by atoms with Gasteiger partial charge in [-0.1, -0.05) is 37.1 Å². The average Bonchev–Trinajstić information content (AvgIpc) is 3.05. The third-order valence-electron chi connectivity index (χ3n) is 5.08. The van der Waals surface area contributed by atoms with Crippen LogP contribution in [0.4, 0.5) is 0 Å². The summed E-state index contributed by atoms with van der Waals surface area (Å²) in [6.45, 7) is 0. The zero-order valence-corrected chi connectivity index (χ0v) is 14.3. The fraction of sp³-hybridized carbons (Fsp3) is 0.611. The van der Waals surface area contributed by atoms with Crippen LogP contribution in [0.1, 0.15) is 61.3 Å². The molecule has 0 radical (unpaired) electrons. The van der Waals surface area contributed by atoms with Crippen LogP contribution in [-0.2, 0) is 21.1 Å². The first-order valence-electron chi connectivity index (χ1n) is 8.65. The molecule has 1 saturated carbocycles. The minimum absolute atomic E-state index is 0.0510. The van der Waals surface area contributed by atoms with Gasteiger partial charge in [0.1, 0.15) is 0 Å². The van der Waals surface area contributed by atoms with E-state index >= 15 is 0 Å². The van der Waals surface area contributed by atoms with Crippen LogP contribution >= 0.6 is 0 Å². The first kappa shape index (κ1) is 16.5. The Morgan fingerprint density at radius 3 is 2.61 bits per heavy atom. The van der Waals surface area contributed by atoms with E-state index in [9.17, 15) is 13.2 Å². The molecule has 0 heterocycles. The summed E-state index contributed by atoms with van der Waals surface area (Å²) in [5, 5.41) is 2.53. The van der Waals surface area contributed by atoms with E-state index in [1.807, 2.05) is 24.3 Å². The highest BCUT2D eigenvalue weighted by Crippen LogP contribution is 2.36. The van der Waals surface area contributed by atoms with Crippen LogP contribution in [-0.4, -0.2) is 26.1 Å². The minimum Gasteiger partial charge on any atom is -0.353 e. The largest absolute Gasteiger partial charge is 0.353 e. The van der Waals surface area contributed by atoms with E-state index in [0.717, 1.165) is 49.7 Å². The number of sulfone groups is 1. The molecule has 0 aliphatic heterocycles. The Morgan fingerprint density at radius 1 is 1.09 bits per heavy atom. The maximum Gasteiger partial charge on any atom is 0.221 e. The minimum atomic E-state index is -3.29. The third kappa shape index (κ3) is 3.94. The second-order valence-electron chi connectivity index (χ2n) is 6.75. The smallest absolute Gasteiger partial charge is 0.221 e.